The molecule has 0 bridgehead atoms. The summed E-state index contributed by atoms with van der Waals surface area (Å²) >= 11 is 9.72. The Morgan fingerprint density at radius 3 is 2.87 bits per heavy atom. The predicted octanol–water partition coefficient (Wildman–Crippen LogP) is 5.13. The molecule has 0 fully saturated rings. The lowest BCUT2D eigenvalue weighted by Crippen LogP contribution is -2.40. The number of benzene rings is 1. The van der Waals surface area contributed by atoms with Crippen LogP contribution in [0.4, 0.5) is 10.1 Å². The summed E-state index contributed by atoms with van der Waals surface area (Å²) in [7, 11) is 0. The van der Waals surface area contributed by atoms with Crippen LogP contribution in [0.2, 0.25) is 0 Å². The van der Waals surface area contributed by atoms with Gasteiger partial charge in [0.1, 0.15) is 5.82 Å². The molecule has 0 saturated heterocycles. The van der Waals surface area contributed by atoms with Gasteiger partial charge in [0.15, 0.2) is 0 Å². The van der Waals surface area contributed by atoms with Gasteiger partial charge in [-0.05, 0) is 65.0 Å². The summed E-state index contributed by atoms with van der Waals surface area (Å²) in [6.45, 7) is -0.0983. The first-order chi connectivity index (χ1) is 11.1. The molecule has 0 radical (unpaired) electrons. The lowest BCUT2D eigenvalue weighted by molar-refractivity contribution is 0.333. The van der Waals surface area contributed by atoms with Crippen molar-refractivity contribution in [2.24, 2.45) is 5.92 Å². The summed E-state index contributed by atoms with van der Waals surface area (Å²) in [6, 6.07) is 4.97. The lowest BCUT2D eigenvalue weighted by Gasteiger charge is -2.39. The standard InChI is InChI=1S/C18H18BrClFNO/c19-15-7-6-14(9-17(15)21)22-10-12(11-23)8-16(20)18(22)13-4-2-1-3-5-13/h2,4,6-10,13,18,23H,1,3,5,11H2. The van der Waals surface area contributed by atoms with Crippen molar-refractivity contribution in [3.05, 3.63) is 63.5 Å². The molecule has 2 atom stereocenters. The highest BCUT2D eigenvalue weighted by Gasteiger charge is 2.31. The molecule has 5 heteroatoms. The number of rotatable bonds is 3. The highest BCUT2D eigenvalue weighted by Crippen LogP contribution is 2.37. The molecule has 1 aromatic carbocycles. The van der Waals surface area contributed by atoms with Crippen molar-refractivity contribution in [3.8, 4) is 0 Å². The average molecular weight is 399 g/mol. The zero-order valence-electron chi connectivity index (χ0n) is 12.6. The molecule has 0 aromatic heterocycles. The molecule has 2 aliphatic rings. The number of aliphatic hydroxyl groups excluding tert-OH is 1. The van der Waals surface area contributed by atoms with Crippen LogP contribution in [-0.2, 0) is 0 Å². The number of nitrogens with zero attached hydrogens (tertiary/aromatic N) is 1. The van der Waals surface area contributed by atoms with E-state index < -0.39 is 0 Å². The maximum Gasteiger partial charge on any atom is 0.139 e. The molecule has 2 unspecified atom stereocenters. The third-order valence-corrected chi connectivity index (χ3v) is 5.27. The van der Waals surface area contributed by atoms with E-state index in [-0.39, 0.29) is 24.4 Å². The quantitative estimate of drug-likeness (QED) is 0.713. The minimum absolute atomic E-state index is 0.0657. The fourth-order valence-electron chi connectivity index (χ4n) is 3.17. The zero-order valence-corrected chi connectivity index (χ0v) is 14.9. The Morgan fingerprint density at radius 2 is 2.22 bits per heavy atom. The Labute approximate surface area is 149 Å². The largest absolute Gasteiger partial charge is 0.392 e. The van der Waals surface area contributed by atoms with E-state index in [0.717, 1.165) is 30.5 Å². The Morgan fingerprint density at radius 1 is 1.39 bits per heavy atom. The second kappa shape index (κ2) is 7.20. The highest BCUT2D eigenvalue weighted by molar-refractivity contribution is 9.10. The lowest BCUT2D eigenvalue weighted by atomic mass is 9.86. The van der Waals surface area contributed by atoms with E-state index in [1.165, 1.54) is 6.07 Å². The molecule has 0 spiro atoms. The van der Waals surface area contributed by atoms with Crippen LogP contribution in [0.1, 0.15) is 19.3 Å². The van der Waals surface area contributed by atoms with E-state index >= 15 is 0 Å². The van der Waals surface area contributed by atoms with Crippen LogP contribution >= 0.6 is 27.5 Å². The smallest absolute Gasteiger partial charge is 0.139 e. The van der Waals surface area contributed by atoms with E-state index in [4.69, 9.17) is 11.6 Å². The number of allylic oxidation sites excluding steroid dienone is 1. The van der Waals surface area contributed by atoms with E-state index in [9.17, 15) is 9.50 Å². The molecule has 3 rings (SSSR count). The third kappa shape index (κ3) is 3.54. The monoisotopic (exact) mass is 397 g/mol. The maximum absolute atomic E-state index is 14.0. The van der Waals surface area contributed by atoms with Crippen molar-refractivity contribution in [2.75, 3.05) is 11.5 Å². The molecule has 122 valence electrons. The van der Waals surface area contributed by atoms with E-state index in [0.29, 0.717) is 9.51 Å². The molecule has 1 aliphatic heterocycles. The SMILES string of the molecule is OCC1=CN(c2ccc(Br)c(F)c2)C(C2C=CCCC2)C(Cl)=C1. The van der Waals surface area contributed by atoms with Crippen molar-refractivity contribution in [2.45, 2.75) is 25.3 Å². The van der Waals surface area contributed by atoms with Crippen molar-refractivity contribution >= 4 is 33.2 Å². The van der Waals surface area contributed by atoms with Crippen LogP contribution in [0.3, 0.4) is 0 Å². The van der Waals surface area contributed by atoms with Crippen LogP contribution in [-0.4, -0.2) is 17.8 Å². The Hall–Kier alpha value is -1.10. The fourth-order valence-corrected chi connectivity index (χ4v) is 3.83. The van der Waals surface area contributed by atoms with Gasteiger partial charge in [-0.25, -0.2) is 4.39 Å². The summed E-state index contributed by atoms with van der Waals surface area (Å²) in [4.78, 5) is 1.98. The van der Waals surface area contributed by atoms with Crippen LogP contribution in [0.5, 0.6) is 0 Å². The predicted molar refractivity (Wildman–Crippen MR) is 96.0 cm³/mol. The summed E-state index contributed by atoms with van der Waals surface area (Å²) in [6.07, 6.45) is 11.3. The molecule has 23 heavy (non-hydrogen) atoms. The van der Waals surface area contributed by atoms with Gasteiger partial charge in [0, 0.05) is 22.8 Å². The molecular weight excluding hydrogens is 381 g/mol. The highest BCUT2D eigenvalue weighted by atomic mass is 79.9. The molecule has 1 heterocycles. The van der Waals surface area contributed by atoms with Gasteiger partial charge in [-0.2, -0.15) is 0 Å². The van der Waals surface area contributed by atoms with Crippen LogP contribution in [0, 0.1) is 11.7 Å². The fraction of sp³-hybridized carbons (Fsp3) is 0.333. The summed E-state index contributed by atoms with van der Waals surface area (Å²) in [5, 5.41) is 10.2. The van der Waals surface area contributed by atoms with E-state index in [2.05, 4.69) is 28.1 Å². The zero-order chi connectivity index (χ0) is 16.4. The first kappa shape index (κ1) is 16.7. The molecule has 2 nitrogen and oxygen atoms in total. The molecule has 1 aromatic rings. The van der Waals surface area contributed by atoms with Crippen LogP contribution in [0.25, 0.3) is 0 Å². The Kier molecular flexibility index (Phi) is 5.24. The van der Waals surface area contributed by atoms with Gasteiger partial charge >= 0.3 is 0 Å². The number of hydrogen-bond donors (Lipinski definition) is 1. The molecular formula is C18H18BrClFNO. The summed E-state index contributed by atoms with van der Waals surface area (Å²) in [5.41, 5.74) is 1.45. The van der Waals surface area contributed by atoms with Crippen LogP contribution in [0.15, 0.2) is 57.7 Å². The summed E-state index contributed by atoms with van der Waals surface area (Å²) < 4.78 is 14.4. The van der Waals surface area contributed by atoms with E-state index in [1.54, 1.807) is 6.07 Å². The van der Waals surface area contributed by atoms with Crippen molar-refractivity contribution in [1.82, 2.24) is 0 Å². The third-order valence-electron chi connectivity index (χ3n) is 4.29. The number of halogens is 3. The maximum atomic E-state index is 14.0. The Bertz CT molecular complexity index is 686. The summed E-state index contributed by atoms with van der Waals surface area (Å²) in [5.74, 6) is -0.0410. The van der Waals surface area contributed by atoms with Gasteiger partial charge in [0.25, 0.3) is 0 Å². The first-order valence-electron chi connectivity index (χ1n) is 7.69. The van der Waals surface area contributed by atoms with E-state index in [1.807, 2.05) is 23.2 Å². The second-order valence-corrected chi connectivity index (χ2v) is 7.16. The first-order valence-corrected chi connectivity index (χ1v) is 8.86. The second-order valence-electron chi connectivity index (χ2n) is 5.86. The van der Waals surface area contributed by atoms with Crippen molar-refractivity contribution in [1.29, 1.82) is 0 Å². The molecule has 0 saturated carbocycles. The molecule has 0 amide bonds. The van der Waals surface area contributed by atoms with Gasteiger partial charge in [0.05, 0.1) is 17.1 Å². The van der Waals surface area contributed by atoms with Crippen LogP contribution < -0.4 is 4.90 Å². The van der Waals surface area contributed by atoms with Gasteiger partial charge < -0.3 is 10.0 Å². The minimum Gasteiger partial charge on any atom is -0.392 e. The van der Waals surface area contributed by atoms with Crippen molar-refractivity contribution in [3.63, 3.8) is 0 Å². The van der Waals surface area contributed by atoms with Gasteiger partial charge in [0.2, 0.25) is 0 Å². The Balaban J connectivity index is 2.02. The van der Waals surface area contributed by atoms with Crippen molar-refractivity contribution < 1.29 is 9.50 Å². The number of anilines is 1. The average Bonchev–Trinajstić information content (AvgIpc) is 2.57. The van der Waals surface area contributed by atoms with Gasteiger partial charge in [-0.3, -0.25) is 0 Å². The van der Waals surface area contributed by atoms with Gasteiger partial charge in [-0.15, -0.1) is 0 Å². The minimum atomic E-state index is -0.315. The molecule has 1 aliphatic carbocycles. The number of hydrogen-bond acceptors (Lipinski definition) is 2. The topological polar surface area (TPSA) is 23.5 Å². The number of aliphatic hydroxyl groups is 1. The normalized spacial score (nSPS) is 24.4. The van der Waals surface area contributed by atoms with Gasteiger partial charge in [-0.1, -0.05) is 23.8 Å². The molecule has 1 N–H and O–H groups in total.